The van der Waals surface area contributed by atoms with E-state index < -0.39 is 0 Å². The summed E-state index contributed by atoms with van der Waals surface area (Å²) in [6.07, 6.45) is 8.90. The molecule has 0 aromatic carbocycles. The highest BCUT2D eigenvalue weighted by atomic mass is 14.0. The van der Waals surface area contributed by atoms with Gasteiger partial charge in [-0.25, -0.2) is 0 Å². The van der Waals surface area contributed by atoms with Crippen LogP contribution < -0.4 is 0 Å². The molecule has 1 aliphatic carbocycles. The largest absolute Gasteiger partial charge is 0.0906 e. The Hall–Kier alpha value is -0.960. The summed E-state index contributed by atoms with van der Waals surface area (Å²) in [5.74, 6) is 5.93. The van der Waals surface area contributed by atoms with Crippen LogP contribution in [0.25, 0.3) is 0 Å². The van der Waals surface area contributed by atoms with Crippen molar-refractivity contribution in [2.24, 2.45) is 0 Å². The Morgan fingerprint density at radius 2 is 2.40 bits per heavy atom. The van der Waals surface area contributed by atoms with Crippen LogP contribution in [0.2, 0.25) is 0 Å². The molecule has 0 radical (unpaired) electrons. The highest BCUT2D eigenvalue weighted by molar-refractivity contribution is 5.32. The predicted molar refractivity (Wildman–Crippen MR) is 44.5 cm³/mol. The summed E-state index contributed by atoms with van der Waals surface area (Å²) in [5.41, 5.74) is 1.30. The van der Waals surface area contributed by atoms with Crippen molar-refractivity contribution in [2.45, 2.75) is 25.7 Å². The second kappa shape index (κ2) is 3.95. The van der Waals surface area contributed by atoms with Gasteiger partial charge in [-0.15, -0.1) is 0 Å². The van der Waals surface area contributed by atoms with Gasteiger partial charge in [-0.05, 0) is 37.3 Å². The molecule has 0 amide bonds. The topological polar surface area (TPSA) is 0 Å². The van der Waals surface area contributed by atoms with Crippen molar-refractivity contribution >= 4 is 0 Å². The molecule has 0 atom stereocenters. The van der Waals surface area contributed by atoms with E-state index in [1.54, 1.807) is 6.08 Å². The van der Waals surface area contributed by atoms with Crippen molar-refractivity contribution in [3.63, 3.8) is 0 Å². The van der Waals surface area contributed by atoms with Crippen LogP contribution in [0.5, 0.6) is 0 Å². The average Bonchev–Trinajstić information content (AvgIpc) is 2.03. The zero-order chi connectivity index (χ0) is 7.23. The molecule has 0 saturated carbocycles. The van der Waals surface area contributed by atoms with Crippen molar-refractivity contribution < 1.29 is 0 Å². The number of hydrogen-bond acceptors (Lipinski definition) is 0. The molecule has 1 rings (SSSR count). The summed E-state index contributed by atoms with van der Waals surface area (Å²) in [6.45, 7) is 3.54. The lowest BCUT2D eigenvalue weighted by atomic mass is 10.0. The first-order chi connectivity index (χ1) is 4.93. The Balaban J connectivity index is 2.53. The van der Waals surface area contributed by atoms with E-state index >= 15 is 0 Å². The molecule has 0 saturated heterocycles. The number of rotatable bonds is 0. The Labute approximate surface area is 62.6 Å². The molecule has 0 heteroatoms. The van der Waals surface area contributed by atoms with Crippen molar-refractivity contribution in [1.29, 1.82) is 0 Å². The minimum absolute atomic E-state index is 1.17. The fraction of sp³-hybridized carbons (Fsp3) is 0.400. The molecular weight excluding hydrogens is 120 g/mol. The minimum Gasteiger partial charge on any atom is -0.0906 e. The van der Waals surface area contributed by atoms with E-state index in [0.717, 1.165) is 0 Å². The second-order valence-corrected chi connectivity index (χ2v) is 2.45. The molecule has 0 spiro atoms. The molecule has 52 valence electrons. The standard InChI is InChI=1S/C10H12/c1-2-3-7-10-8-5-4-6-9-10/h2,8H,1,4-6,9H2. The maximum Gasteiger partial charge on any atom is -0.00160 e. The molecule has 0 fully saturated rings. The van der Waals surface area contributed by atoms with Crippen molar-refractivity contribution in [3.05, 3.63) is 24.3 Å². The maximum atomic E-state index is 3.54. The molecule has 0 nitrogen and oxygen atoms in total. The van der Waals surface area contributed by atoms with Crippen LogP contribution in [0, 0.1) is 11.8 Å². The van der Waals surface area contributed by atoms with Gasteiger partial charge in [0, 0.05) is 0 Å². The Morgan fingerprint density at radius 3 is 3.00 bits per heavy atom. The summed E-state index contributed by atoms with van der Waals surface area (Å²) in [4.78, 5) is 0. The fourth-order valence-corrected chi connectivity index (χ4v) is 1.10. The van der Waals surface area contributed by atoms with E-state index in [4.69, 9.17) is 0 Å². The third-order valence-electron chi connectivity index (χ3n) is 1.63. The van der Waals surface area contributed by atoms with Crippen molar-refractivity contribution in [1.82, 2.24) is 0 Å². The van der Waals surface area contributed by atoms with E-state index in [1.807, 2.05) is 0 Å². The van der Waals surface area contributed by atoms with Crippen molar-refractivity contribution in [3.8, 4) is 11.8 Å². The van der Waals surface area contributed by atoms with Crippen LogP contribution in [0.4, 0.5) is 0 Å². The molecule has 1 aliphatic rings. The van der Waals surface area contributed by atoms with Gasteiger partial charge in [-0.2, -0.15) is 0 Å². The van der Waals surface area contributed by atoms with Gasteiger partial charge in [0.15, 0.2) is 0 Å². The van der Waals surface area contributed by atoms with Crippen LogP contribution in [-0.2, 0) is 0 Å². The van der Waals surface area contributed by atoms with Gasteiger partial charge in [0.05, 0.1) is 0 Å². The summed E-state index contributed by atoms with van der Waals surface area (Å²) in [5, 5.41) is 0. The minimum atomic E-state index is 1.17. The number of hydrogen-bond donors (Lipinski definition) is 0. The summed E-state index contributed by atoms with van der Waals surface area (Å²) < 4.78 is 0. The van der Waals surface area contributed by atoms with Gasteiger partial charge in [0.1, 0.15) is 0 Å². The molecule has 0 bridgehead atoms. The van der Waals surface area contributed by atoms with Crippen LogP contribution >= 0.6 is 0 Å². The normalized spacial score (nSPS) is 16.6. The van der Waals surface area contributed by atoms with Crippen molar-refractivity contribution in [2.75, 3.05) is 0 Å². The first-order valence-electron chi connectivity index (χ1n) is 3.75. The molecule has 0 N–H and O–H groups in total. The lowest BCUT2D eigenvalue weighted by Crippen LogP contribution is -1.87. The summed E-state index contributed by atoms with van der Waals surface area (Å²) in [6, 6.07) is 0. The lowest BCUT2D eigenvalue weighted by molar-refractivity contribution is 0.715. The van der Waals surface area contributed by atoms with E-state index in [-0.39, 0.29) is 0 Å². The maximum absolute atomic E-state index is 3.54. The van der Waals surface area contributed by atoms with Crippen LogP contribution in [-0.4, -0.2) is 0 Å². The van der Waals surface area contributed by atoms with Crippen LogP contribution in [0.3, 0.4) is 0 Å². The molecule has 10 heavy (non-hydrogen) atoms. The van der Waals surface area contributed by atoms with Crippen LogP contribution in [0.15, 0.2) is 24.3 Å². The van der Waals surface area contributed by atoms with E-state index in [9.17, 15) is 0 Å². The zero-order valence-electron chi connectivity index (χ0n) is 6.19. The van der Waals surface area contributed by atoms with Gasteiger partial charge in [0.25, 0.3) is 0 Å². The SMILES string of the molecule is C=CC#CC1=CCCCC1. The quantitative estimate of drug-likeness (QED) is 0.444. The molecule has 0 aromatic rings. The van der Waals surface area contributed by atoms with E-state index in [1.165, 1.54) is 31.3 Å². The van der Waals surface area contributed by atoms with Crippen LogP contribution in [0.1, 0.15) is 25.7 Å². The molecule has 0 aliphatic heterocycles. The smallest absolute Gasteiger partial charge is 0.00160 e. The highest BCUT2D eigenvalue weighted by Gasteiger charge is 1.98. The summed E-state index contributed by atoms with van der Waals surface area (Å²) in [7, 11) is 0. The molecule has 0 unspecified atom stereocenters. The summed E-state index contributed by atoms with van der Waals surface area (Å²) >= 11 is 0. The van der Waals surface area contributed by atoms with Gasteiger partial charge < -0.3 is 0 Å². The van der Waals surface area contributed by atoms with Gasteiger partial charge in [-0.1, -0.05) is 24.5 Å². The first kappa shape index (κ1) is 7.15. The number of allylic oxidation sites excluding steroid dienone is 3. The van der Waals surface area contributed by atoms with Gasteiger partial charge in [0.2, 0.25) is 0 Å². The Morgan fingerprint density at radius 1 is 1.50 bits per heavy atom. The third kappa shape index (κ3) is 2.11. The third-order valence-corrected chi connectivity index (χ3v) is 1.63. The lowest BCUT2D eigenvalue weighted by Gasteiger charge is -2.05. The zero-order valence-corrected chi connectivity index (χ0v) is 6.19. The fourth-order valence-electron chi connectivity index (χ4n) is 1.10. The Bertz CT molecular complexity index is 198. The molecule has 0 aromatic heterocycles. The Kier molecular flexibility index (Phi) is 2.83. The second-order valence-electron chi connectivity index (χ2n) is 2.45. The van der Waals surface area contributed by atoms with Gasteiger partial charge in [-0.3, -0.25) is 0 Å². The average molecular weight is 132 g/mol. The molecular formula is C10H12. The van der Waals surface area contributed by atoms with E-state index in [2.05, 4.69) is 24.5 Å². The molecule has 0 heterocycles. The van der Waals surface area contributed by atoms with Gasteiger partial charge >= 0.3 is 0 Å². The highest BCUT2D eigenvalue weighted by Crippen LogP contribution is 2.15. The first-order valence-corrected chi connectivity index (χ1v) is 3.75. The monoisotopic (exact) mass is 132 g/mol. The van der Waals surface area contributed by atoms with E-state index in [0.29, 0.717) is 0 Å². The predicted octanol–water partition coefficient (Wildman–Crippen LogP) is 2.68.